The SMILES string of the molecule is O=S(=O)(O)c1ccc(S(=O)(=O)NS(=O)(=O)c2c(F)ccc(F)c2F)cc1. The molecule has 2 N–H and O–H groups in total. The van der Waals surface area contributed by atoms with Gasteiger partial charge in [0.15, 0.2) is 16.5 Å². The molecule has 0 saturated heterocycles. The van der Waals surface area contributed by atoms with E-state index < -0.39 is 62.3 Å². The predicted molar refractivity (Wildman–Crippen MR) is 80.1 cm³/mol. The molecule has 0 spiro atoms. The van der Waals surface area contributed by atoms with Gasteiger partial charge >= 0.3 is 0 Å². The smallest absolute Gasteiger partial charge is 0.282 e. The maximum Gasteiger partial charge on any atom is 0.294 e. The van der Waals surface area contributed by atoms with Crippen molar-refractivity contribution in [2.24, 2.45) is 0 Å². The highest BCUT2D eigenvalue weighted by Gasteiger charge is 2.31. The molecular weight excluding hydrogens is 423 g/mol. The largest absolute Gasteiger partial charge is 0.294 e. The van der Waals surface area contributed by atoms with Gasteiger partial charge < -0.3 is 0 Å². The highest BCUT2D eigenvalue weighted by molar-refractivity contribution is 8.04. The second-order valence-corrected chi connectivity index (χ2v) is 9.69. The minimum atomic E-state index is -5.38. The Morgan fingerprint density at radius 3 is 1.65 bits per heavy atom. The minimum absolute atomic E-state index is 0.292. The Balaban J connectivity index is 2.48. The van der Waals surface area contributed by atoms with E-state index in [1.54, 1.807) is 0 Å². The fourth-order valence-corrected chi connectivity index (χ4v) is 5.29. The number of hydrogen-bond donors (Lipinski definition) is 2. The first-order valence-corrected chi connectivity index (χ1v) is 10.7. The van der Waals surface area contributed by atoms with Gasteiger partial charge in [0, 0.05) is 0 Å². The van der Waals surface area contributed by atoms with Gasteiger partial charge in [0.2, 0.25) is 0 Å². The van der Waals surface area contributed by atoms with Crippen LogP contribution < -0.4 is 4.13 Å². The summed E-state index contributed by atoms with van der Waals surface area (Å²) in [6.07, 6.45) is 0. The molecule has 0 saturated carbocycles. The van der Waals surface area contributed by atoms with Crippen molar-refractivity contribution in [3.05, 3.63) is 53.8 Å². The van der Waals surface area contributed by atoms with Crippen molar-refractivity contribution in [1.29, 1.82) is 0 Å². The summed E-state index contributed by atoms with van der Waals surface area (Å²) in [6, 6.07) is 3.16. The molecule has 0 bridgehead atoms. The third kappa shape index (κ3) is 4.04. The van der Waals surface area contributed by atoms with Gasteiger partial charge in [-0.25, -0.2) is 30.0 Å². The van der Waals surface area contributed by atoms with Gasteiger partial charge in [-0.1, -0.05) is 0 Å². The summed E-state index contributed by atoms with van der Waals surface area (Å²) >= 11 is 0. The molecule has 0 radical (unpaired) electrons. The average molecular weight is 431 g/mol. The van der Waals surface area contributed by atoms with Crippen LogP contribution in [0.5, 0.6) is 0 Å². The van der Waals surface area contributed by atoms with Crippen LogP contribution in [-0.4, -0.2) is 29.8 Å². The van der Waals surface area contributed by atoms with Crippen LogP contribution in [0.1, 0.15) is 0 Å². The molecule has 0 amide bonds. The molecule has 0 aliphatic carbocycles. The van der Waals surface area contributed by atoms with Gasteiger partial charge in [-0.2, -0.15) is 8.42 Å². The molecule has 14 heteroatoms. The van der Waals surface area contributed by atoms with Crippen molar-refractivity contribution in [3.8, 4) is 0 Å². The molecule has 2 rings (SSSR count). The summed E-state index contributed by atoms with van der Waals surface area (Å²) in [5, 5.41) is 0. The van der Waals surface area contributed by atoms with E-state index in [2.05, 4.69) is 0 Å². The first kappa shape index (κ1) is 20.3. The fourth-order valence-electron chi connectivity index (χ4n) is 1.78. The van der Waals surface area contributed by atoms with Crippen LogP contribution in [-0.2, 0) is 30.2 Å². The van der Waals surface area contributed by atoms with Crippen LogP contribution in [0.2, 0.25) is 0 Å². The van der Waals surface area contributed by atoms with Crippen LogP contribution in [0.4, 0.5) is 13.2 Å². The molecule has 0 unspecified atom stereocenters. The van der Waals surface area contributed by atoms with E-state index >= 15 is 0 Å². The lowest BCUT2D eigenvalue weighted by Gasteiger charge is -2.10. The number of rotatable bonds is 5. The van der Waals surface area contributed by atoms with Crippen molar-refractivity contribution in [1.82, 2.24) is 4.13 Å². The maximum absolute atomic E-state index is 13.6. The lowest BCUT2D eigenvalue weighted by atomic mass is 10.3. The average Bonchev–Trinajstić information content (AvgIpc) is 2.49. The lowest BCUT2D eigenvalue weighted by molar-refractivity contribution is 0.458. The number of hydrogen-bond acceptors (Lipinski definition) is 6. The van der Waals surface area contributed by atoms with Gasteiger partial charge in [-0.15, -0.1) is 4.13 Å². The molecule has 0 fully saturated rings. The Hall–Kier alpha value is -2.00. The van der Waals surface area contributed by atoms with Gasteiger partial charge in [-0.3, -0.25) is 4.55 Å². The van der Waals surface area contributed by atoms with E-state index in [0.29, 0.717) is 36.4 Å². The Morgan fingerprint density at radius 1 is 0.692 bits per heavy atom. The zero-order chi connectivity index (χ0) is 19.9. The van der Waals surface area contributed by atoms with E-state index in [9.17, 15) is 38.4 Å². The first-order valence-electron chi connectivity index (χ1n) is 6.25. The first-order chi connectivity index (χ1) is 11.8. The molecule has 0 aromatic heterocycles. The van der Waals surface area contributed by atoms with Gasteiger partial charge in [0.25, 0.3) is 30.2 Å². The Morgan fingerprint density at radius 2 is 1.15 bits per heavy atom. The molecule has 0 aliphatic rings. The fraction of sp³-hybridized carbons (Fsp3) is 0. The topological polar surface area (TPSA) is 135 Å². The maximum atomic E-state index is 13.6. The van der Waals surface area contributed by atoms with Crippen molar-refractivity contribution >= 4 is 30.2 Å². The van der Waals surface area contributed by atoms with Crippen molar-refractivity contribution in [3.63, 3.8) is 0 Å². The minimum Gasteiger partial charge on any atom is -0.282 e. The Kier molecular flexibility index (Phi) is 5.17. The predicted octanol–water partition coefficient (Wildman–Crippen LogP) is 1.02. The molecular formula is C12H8F3NO7S3. The molecule has 0 aliphatic heterocycles. The van der Waals surface area contributed by atoms with E-state index in [-0.39, 0.29) is 0 Å². The molecule has 8 nitrogen and oxygen atoms in total. The standard InChI is InChI=1S/C12H8F3NO7S3/c13-9-5-6-10(14)12(11(9)15)25(19,20)16-24(17,18)7-1-3-8(4-2-7)26(21,22)23/h1-6,16H,(H,21,22,23). The summed E-state index contributed by atoms with van der Waals surface area (Å²) in [7, 11) is -15.0. The van der Waals surface area contributed by atoms with Crippen LogP contribution in [0, 0.1) is 17.5 Å². The monoisotopic (exact) mass is 431 g/mol. The van der Waals surface area contributed by atoms with Gasteiger partial charge in [0.1, 0.15) is 5.82 Å². The normalized spacial score (nSPS) is 12.9. The lowest BCUT2D eigenvalue weighted by Crippen LogP contribution is -2.32. The van der Waals surface area contributed by atoms with Crippen molar-refractivity contribution in [2.75, 3.05) is 0 Å². The zero-order valence-electron chi connectivity index (χ0n) is 12.2. The number of sulfonamides is 2. The van der Waals surface area contributed by atoms with E-state index in [1.807, 2.05) is 0 Å². The number of benzene rings is 2. The van der Waals surface area contributed by atoms with Crippen molar-refractivity contribution < 1.29 is 43.0 Å². The van der Waals surface area contributed by atoms with E-state index in [1.165, 1.54) is 0 Å². The summed E-state index contributed by atoms with van der Waals surface area (Å²) in [6.45, 7) is 0. The second-order valence-electron chi connectivity index (χ2n) is 4.71. The van der Waals surface area contributed by atoms with Crippen LogP contribution >= 0.6 is 0 Å². The van der Waals surface area contributed by atoms with Gasteiger partial charge in [0.05, 0.1) is 9.79 Å². The van der Waals surface area contributed by atoms with Gasteiger partial charge in [-0.05, 0) is 36.4 Å². The molecule has 0 heterocycles. The summed E-state index contributed by atoms with van der Waals surface area (Å²) < 4.78 is 120. The molecule has 26 heavy (non-hydrogen) atoms. The van der Waals surface area contributed by atoms with E-state index in [0.717, 1.165) is 4.13 Å². The number of halogens is 3. The molecule has 0 atom stereocenters. The molecule has 2 aromatic rings. The summed E-state index contributed by atoms with van der Waals surface area (Å²) in [5.74, 6) is -5.57. The third-order valence-electron chi connectivity index (χ3n) is 2.92. The van der Waals surface area contributed by atoms with E-state index in [4.69, 9.17) is 4.55 Å². The third-order valence-corrected chi connectivity index (χ3v) is 7.35. The van der Waals surface area contributed by atoms with Crippen LogP contribution in [0.15, 0.2) is 51.1 Å². The second kappa shape index (κ2) is 6.62. The van der Waals surface area contributed by atoms with Crippen LogP contribution in [0.3, 0.4) is 0 Å². The zero-order valence-corrected chi connectivity index (χ0v) is 14.7. The molecule has 2 aromatic carbocycles. The Labute approximate surface area is 146 Å². The molecule has 142 valence electrons. The quantitative estimate of drug-likeness (QED) is 0.533. The van der Waals surface area contributed by atoms with Crippen molar-refractivity contribution in [2.45, 2.75) is 14.7 Å². The number of nitrogens with one attached hydrogen (secondary N) is 1. The summed E-state index contributed by atoms with van der Waals surface area (Å²) in [4.78, 5) is -3.32. The Bertz CT molecular complexity index is 1180. The highest BCUT2D eigenvalue weighted by Crippen LogP contribution is 2.23. The highest BCUT2D eigenvalue weighted by atomic mass is 32.3. The van der Waals surface area contributed by atoms with Crippen LogP contribution in [0.25, 0.3) is 0 Å². The summed E-state index contributed by atoms with van der Waals surface area (Å²) in [5.41, 5.74) is 0.